The van der Waals surface area contributed by atoms with Gasteiger partial charge in [-0.2, -0.15) is 4.57 Å². The van der Waals surface area contributed by atoms with Crippen LogP contribution in [0.5, 0.6) is 0 Å². The number of esters is 1. The third-order valence-corrected chi connectivity index (χ3v) is 5.93. The summed E-state index contributed by atoms with van der Waals surface area (Å²) in [5.74, 6) is 0.569. The van der Waals surface area contributed by atoms with Gasteiger partial charge in [0.2, 0.25) is 10.4 Å². The zero-order valence-electron chi connectivity index (χ0n) is 16.1. The number of anilines is 1. The number of aromatic nitrogens is 1. The van der Waals surface area contributed by atoms with E-state index in [2.05, 4.69) is 11.1 Å². The lowest BCUT2D eigenvalue weighted by Crippen LogP contribution is -2.31. The van der Waals surface area contributed by atoms with E-state index in [-0.39, 0.29) is 12.6 Å². The fourth-order valence-corrected chi connectivity index (χ4v) is 4.70. The summed E-state index contributed by atoms with van der Waals surface area (Å²) in [5, 5.41) is 0. The van der Waals surface area contributed by atoms with Gasteiger partial charge in [0, 0.05) is 11.6 Å². The molecule has 11 heteroatoms. The van der Waals surface area contributed by atoms with Crippen molar-refractivity contribution in [3.8, 4) is 5.69 Å². The number of thioether (sulfide) groups is 1. The first-order valence-corrected chi connectivity index (χ1v) is 11.6. The molecule has 2 heterocycles. The summed E-state index contributed by atoms with van der Waals surface area (Å²) in [5.41, 5.74) is 8.72. The van der Waals surface area contributed by atoms with Gasteiger partial charge in [-0.3, -0.25) is 4.18 Å². The predicted octanol–water partition coefficient (Wildman–Crippen LogP) is 2.69. The molecule has 0 aliphatic rings. The SMILES string of the molecule is CCOC(=O)c1sc(SCC)c(-[n+]2cccc(C)c2)c1N.CCOS(=O)(=O)[O-]. The Morgan fingerprint density at radius 1 is 1.32 bits per heavy atom. The highest BCUT2D eigenvalue weighted by molar-refractivity contribution is 8.01. The van der Waals surface area contributed by atoms with Crippen LogP contribution in [0.1, 0.15) is 36.0 Å². The first-order chi connectivity index (χ1) is 13.1. The van der Waals surface area contributed by atoms with Crippen molar-refractivity contribution in [2.24, 2.45) is 0 Å². The lowest BCUT2D eigenvalue weighted by Gasteiger charge is -2.02. The minimum absolute atomic E-state index is 0.0914. The maximum Gasteiger partial charge on any atom is 0.350 e. The van der Waals surface area contributed by atoms with E-state index in [9.17, 15) is 17.8 Å². The fourth-order valence-electron chi connectivity index (χ4n) is 2.11. The maximum absolute atomic E-state index is 12.0. The van der Waals surface area contributed by atoms with Gasteiger partial charge < -0.3 is 15.0 Å². The van der Waals surface area contributed by atoms with E-state index in [0.29, 0.717) is 17.2 Å². The Hall–Kier alpha value is -1.66. The highest BCUT2D eigenvalue weighted by Gasteiger charge is 2.28. The third kappa shape index (κ3) is 7.40. The summed E-state index contributed by atoms with van der Waals surface area (Å²) in [6, 6.07) is 3.99. The summed E-state index contributed by atoms with van der Waals surface area (Å²) in [7, 11) is -4.42. The Labute approximate surface area is 173 Å². The van der Waals surface area contributed by atoms with Gasteiger partial charge in [0.1, 0.15) is 14.8 Å². The molecule has 0 aliphatic heterocycles. The number of nitrogens with two attached hydrogens (primary N) is 1. The predicted molar refractivity (Wildman–Crippen MR) is 109 cm³/mol. The van der Waals surface area contributed by atoms with Crippen LogP contribution in [0.15, 0.2) is 28.7 Å². The van der Waals surface area contributed by atoms with Crippen LogP contribution in [0.25, 0.3) is 5.69 Å². The van der Waals surface area contributed by atoms with Gasteiger partial charge in [-0.25, -0.2) is 13.2 Å². The standard InChI is InChI=1S/C15H18N2O2S2.C2H6O4S/c1-4-19-14(18)13-11(16)12(15(21-13)20-5-2)17-8-6-7-10(3)9-17;1-2-6-7(3,4)5/h6-9H,4-5H2,1-3H3,(H-,16,18);2H2,1H3,(H,3,4,5). The zero-order chi connectivity index (χ0) is 21.3. The maximum atomic E-state index is 12.0. The molecule has 0 radical (unpaired) electrons. The topological polar surface area (TPSA) is 123 Å². The molecule has 0 atom stereocenters. The van der Waals surface area contributed by atoms with E-state index in [4.69, 9.17) is 10.5 Å². The smallest absolute Gasteiger partial charge is 0.350 e. The van der Waals surface area contributed by atoms with Crippen LogP contribution in [-0.2, 0) is 19.3 Å². The largest absolute Gasteiger partial charge is 0.726 e. The molecule has 8 nitrogen and oxygen atoms in total. The molecule has 0 fully saturated rings. The summed E-state index contributed by atoms with van der Waals surface area (Å²) in [4.78, 5) is 12.5. The minimum atomic E-state index is -4.42. The van der Waals surface area contributed by atoms with Crippen molar-refractivity contribution >= 4 is 45.2 Å². The molecule has 0 saturated heterocycles. The van der Waals surface area contributed by atoms with Gasteiger partial charge in [0.25, 0.3) is 5.69 Å². The van der Waals surface area contributed by atoms with Gasteiger partial charge in [-0.05, 0) is 32.6 Å². The Morgan fingerprint density at radius 2 is 2.00 bits per heavy atom. The molecule has 2 aromatic rings. The first kappa shape index (κ1) is 24.4. The van der Waals surface area contributed by atoms with Crippen LogP contribution < -0.4 is 10.3 Å². The van der Waals surface area contributed by atoms with Crippen molar-refractivity contribution < 1.29 is 31.3 Å². The second-order valence-electron chi connectivity index (χ2n) is 5.24. The van der Waals surface area contributed by atoms with Crippen molar-refractivity contribution in [3.05, 3.63) is 35.0 Å². The van der Waals surface area contributed by atoms with E-state index < -0.39 is 10.4 Å². The van der Waals surface area contributed by atoms with Crippen LogP contribution >= 0.6 is 23.1 Å². The lowest BCUT2D eigenvalue weighted by atomic mass is 10.3. The molecule has 0 bridgehead atoms. The number of nitrogen functional groups attached to an aromatic ring is 1. The number of aryl methyl sites for hydroxylation is 1. The Kier molecular flexibility index (Phi) is 9.90. The molecule has 0 amide bonds. The third-order valence-electron chi connectivity index (χ3n) is 3.09. The first-order valence-electron chi connectivity index (χ1n) is 8.45. The number of ether oxygens (including phenoxy) is 1. The number of thiophene rings is 1. The van der Waals surface area contributed by atoms with Crippen LogP contribution in [0.4, 0.5) is 5.69 Å². The Balaban J connectivity index is 0.000000480. The van der Waals surface area contributed by atoms with Gasteiger partial charge in [-0.1, -0.05) is 6.92 Å². The van der Waals surface area contributed by atoms with Crippen molar-refractivity contribution in [2.75, 3.05) is 24.7 Å². The molecule has 0 saturated carbocycles. The summed E-state index contributed by atoms with van der Waals surface area (Å²) in [6.07, 6.45) is 3.95. The molecule has 0 spiro atoms. The Bertz CT molecular complexity index is 896. The molecular weight excluding hydrogens is 424 g/mol. The number of nitrogens with zero attached hydrogens (tertiary/aromatic N) is 1. The van der Waals surface area contributed by atoms with Gasteiger partial charge >= 0.3 is 5.97 Å². The average molecular weight is 449 g/mol. The van der Waals surface area contributed by atoms with Crippen molar-refractivity contribution in [2.45, 2.75) is 31.9 Å². The highest BCUT2D eigenvalue weighted by Crippen LogP contribution is 2.38. The van der Waals surface area contributed by atoms with Crippen LogP contribution in [-0.4, -0.2) is 37.9 Å². The second kappa shape index (κ2) is 11.4. The summed E-state index contributed by atoms with van der Waals surface area (Å²) >= 11 is 3.09. The number of carbonyl (C=O) groups is 1. The van der Waals surface area contributed by atoms with Gasteiger partial charge in [0.15, 0.2) is 12.4 Å². The van der Waals surface area contributed by atoms with Crippen LogP contribution in [0.3, 0.4) is 0 Å². The fraction of sp³-hybridized carbons (Fsp3) is 0.412. The van der Waals surface area contributed by atoms with Crippen molar-refractivity contribution in [1.29, 1.82) is 0 Å². The molecule has 0 unspecified atom stereocenters. The quantitative estimate of drug-likeness (QED) is 0.225. The van der Waals surface area contributed by atoms with Crippen LogP contribution in [0, 0.1) is 6.92 Å². The molecule has 2 N–H and O–H groups in total. The van der Waals surface area contributed by atoms with E-state index in [0.717, 1.165) is 21.2 Å². The molecule has 2 aromatic heterocycles. The lowest BCUT2D eigenvalue weighted by molar-refractivity contribution is -0.597. The number of hydrogen-bond donors (Lipinski definition) is 1. The second-order valence-corrected chi connectivity index (χ2v) is 8.84. The minimum Gasteiger partial charge on any atom is -0.726 e. The highest BCUT2D eigenvalue weighted by atomic mass is 32.3. The molecule has 2 rings (SSSR count). The molecule has 0 aromatic carbocycles. The zero-order valence-corrected chi connectivity index (χ0v) is 18.6. The average Bonchev–Trinajstić information content (AvgIpc) is 2.91. The van der Waals surface area contributed by atoms with Crippen molar-refractivity contribution in [3.63, 3.8) is 0 Å². The molecular formula is C17H24N2O6S3. The number of carbonyl (C=O) groups excluding carboxylic acids is 1. The monoisotopic (exact) mass is 448 g/mol. The van der Waals surface area contributed by atoms with E-state index >= 15 is 0 Å². The van der Waals surface area contributed by atoms with Gasteiger partial charge in [0.05, 0.1) is 13.2 Å². The number of rotatable bonds is 7. The van der Waals surface area contributed by atoms with Crippen LogP contribution in [0.2, 0.25) is 0 Å². The summed E-state index contributed by atoms with van der Waals surface area (Å²) < 4.78 is 40.1. The Morgan fingerprint density at radius 3 is 2.46 bits per heavy atom. The van der Waals surface area contributed by atoms with Crippen molar-refractivity contribution in [1.82, 2.24) is 0 Å². The number of pyridine rings is 1. The van der Waals surface area contributed by atoms with E-state index in [1.54, 1.807) is 18.7 Å². The number of hydrogen-bond acceptors (Lipinski definition) is 9. The van der Waals surface area contributed by atoms with E-state index in [1.165, 1.54) is 18.3 Å². The summed E-state index contributed by atoms with van der Waals surface area (Å²) in [6.45, 7) is 7.58. The van der Waals surface area contributed by atoms with E-state index in [1.807, 2.05) is 36.0 Å². The van der Waals surface area contributed by atoms with Gasteiger partial charge in [-0.15, -0.1) is 23.1 Å². The molecule has 28 heavy (non-hydrogen) atoms. The molecule has 156 valence electrons. The molecule has 0 aliphatic carbocycles. The normalized spacial score (nSPS) is 10.9.